The van der Waals surface area contributed by atoms with E-state index < -0.39 is 105 Å². The van der Waals surface area contributed by atoms with E-state index in [1.54, 1.807) is 24.3 Å². The molecule has 6 N–H and O–H groups in total. The topological polar surface area (TPSA) is 194 Å². The number of aldehydes is 1. The Labute approximate surface area is 531 Å². The predicted molar refractivity (Wildman–Crippen MR) is 322 cm³/mol. The van der Waals surface area contributed by atoms with Gasteiger partial charge in [0.25, 0.3) is 11.8 Å². The molecule has 0 aromatic heterocycles. The number of alkyl halides is 15. The monoisotopic (exact) mass is 1360 g/mol. The molecule has 0 unspecified atom stereocenters. The van der Waals surface area contributed by atoms with Crippen LogP contribution in [0.1, 0.15) is 107 Å². The number of nitrogen functional groups attached to an aromatic ring is 1. The molecule has 12 nitrogen and oxygen atoms in total. The molecule has 0 atom stereocenters. The van der Waals surface area contributed by atoms with Crippen molar-refractivity contribution in [3.63, 3.8) is 0 Å². The van der Waals surface area contributed by atoms with Crippen molar-refractivity contribution in [3.8, 4) is 0 Å². The van der Waals surface area contributed by atoms with Crippen LogP contribution in [0.15, 0.2) is 175 Å². The largest absolute Gasteiger partial charge is 0.416 e. The first-order valence-electron chi connectivity index (χ1n) is 26.6. The Bertz CT molecular complexity index is 3570. The Hall–Kier alpha value is -9.50. The molecule has 496 valence electrons. The molecule has 0 saturated heterocycles. The van der Waals surface area contributed by atoms with Crippen molar-refractivity contribution in [1.29, 1.82) is 0 Å². The number of anilines is 5. The summed E-state index contributed by atoms with van der Waals surface area (Å²) in [5, 5.41) is 7.33. The zero-order valence-electron chi connectivity index (χ0n) is 48.7. The van der Waals surface area contributed by atoms with Crippen LogP contribution in [0.25, 0.3) is 6.08 Å². The van der Waals surface area contributed by atoms with Gasteiger partial charge in [0.1, 0.15) is 18.3 Å². The molecular weight excluding hydrogens is 1310 g/mol. The van der Waals surface area contributed by atoms with Crippen LogP contribution >= 0.6 is 23.2 Å². The Balaban J connectivity index is 0.000000346. The highest BCUT2D eigenvalue weighted by molar-refractivity contribution is 6.72. The molecule has 7 aromatic carbocycles. The van der Waals surface area contributed by atoms with Crippen molar-refractivity contribution < 1.29 is 99.4 Å². The number of halogens is 17. The van der Waals surface area contributed by atoms with Gasteiger partial charge in [-0.05, 0) is 149 Å². The molecule has 0 aliphatic heterocycles. The van der Waals surface area contributed by atoms with Crippen molar-refractivity contribution in [2.45, 2.75) is 83.3 Å². The quantitative estimate of drug-likeness (QED) is 0.0135. The van der Waals surface area contributed by atoms with E-state index in [2.05, 4.69) is 35.1 Å². The van der Waals surface area contributed by atoms with Gasteiger partial charge >= 0.3 is 30.9 Å². The van der Waals surface area contributed by atoms with E-state index >= 15 is 0 Å². The second-order valence-corrected chi connectivity index (χ2v) is 20.7. The van der Waals surface area contributed by atoms with E-state index in [1.807, 2.05) is 38.1 Å². The lowest BCUT2D eigenvalue weighted by Gasteiger charge is -2.13. The molecule has 0 aliphatic carbocycles. The van der Waals surface area contributed by atoms with E-state index in [0.717, 1.165) is 78.1 Å². The third-order valence-electron chi connectivity index (χ3n) is 11.8. The molecule has 93 heavy (non-hydrogen) atoms. The van der Waals surface area contributed by atoms with Crippen molar-refractivity contribution >= 4 is 98.1 Å². The molecule has 7 rings (SSSR count). The summed E-state index contributed by atoms with van der Waals surface area (Å²) < 4.78 is 190. The number of rotatable bonds is 14. The van der Waals surface area contributed by atoms with Crippen LogP contribution in [0.2, 0.25) is 0 Å². The normalized spacial score (nSPS) is 11.3. The second-order valence-electron chi connectivity index (χ2n) is 19.8. The fourth-order valence-electron chi connectivity index (χ4n) is 7.21. The Morgan fingerprint density at radius 1 is 0.398 bits per heavy atom. The summed E-state index contributed by atoms with van der Waals surface area (Å²) in [6, 6.07) is 34.4. The van der Waals surface area contributed by atoms with Crippen LogP contribution in [0, 0.1) is 0 Å². The summed E-state index contributed by atoms with van der Waals surface area (Å²) in [4.78, 5) is 79.3. The second kappa shape index (κ2) is 34.8. The third-order valence-corrected chi connectivity index (χ3v) is 12.1. The maximum atomic E-state index is 13.1. The molecule has 0 spiro atoms. The first kappa shape index (κ1) is 77.7. The Morgan fingerprint density at radius 2 is 0.677 bits per heavy atom. The van der Waals surface area contributed by atoms with Gasteiger partial charge in [-0.15, -0.1) is 0 Å². The first-order valence-corrected chi connectivity index (χ1v) is 27.4. The summed E-state index contributed by atoms with van der Waals surface area (Å²) in [5.41, 5.74) is 2.75. The van der Waals surface area contributed by atoms with Gasteiger partial charge in [-0.1, -0.05) is 107 Å². The minimum Gasteiger partial charge on any atom is -0.399 e. The highest BCUT2D eigenvalue weighted by Crippen LogP contribution is 2.35. The summed E-state index contributed by atoms with van der Waals surface area (Å²) in [6.45, 7) is 8.22. The van der Waals surface area contributed by atoms with Crippen LogP contribution < -0.4 is 27.0 Å². The number of hydrogen-bond donors (Lipinski definition) is 5. The molecule has 4 amide bonds. The fourth-order valence-corrected chi connectivity index (χ4v) is 7.52. The van der Waals surface area contributed by atoms with Gasteiger partial charge in [0.2, 0.25) is 22.3 Å². The molecule has 0 saturated carbocycles. The fraction of sp³-hybridized carbons (Fsp3) is 0.203. The molecular formula is C64H54Cl2F15N5O7. The van der Waals surface area contributed by atoms with E-state index in [-0.39, 0.29) is 40.8 Å². The van der Waals surface area contributed by atoms with Gasteiger partial charge in [0, 0.05) is 34.0 Å². The average Bonchev–Trinajstić information content (AvgIpc) is 0.903. The maximum absolute atomic E-state index is 13.1. The van der Waals surface area contributed by atoms with Gasteiger partial charge in [0.15, 0.2) is 0 Å². The van der Waals surface area contributed by atoms with Gasteiger partial charge in [-0.25, -0.2) is 0 Å². The minimum absolute atomic E-state index is 0.125. The third kappa shape index (κ3) is 28.7. The molecule has 0 aliphatic rings. The van der Waals surface area contributed by atoms with E-state index in [0.29, 0.717) is 35.7 Å². The summed E-state index contributed by atoms with van der Waals surface area (Å²) in [6.07, 6.45) is -21.9. The van der Waals surface area contributed by atoms with E-state index in [4.69, 9.17) is 28.9 Å². The van der Waals surface area contributed by atoms with Crippen LogP contribution in [-0.4, -0.2) is 40.4 Å². The Morgan fingerprint density at radius 3 is 0.925 bits per heavy atom. The van der Waals surface area contributed by atoms with Gasteiger partial charge in [-0.3, -0.25) is 33.6 Å². The van der Waals surface area contributed by atoms with Crippen molar-refractivity contribution in [2.75, 3.05) is 27.0 Å². The number of amides is 4. The number of nitrogens with two attached hydrogens (primary N) is 1. The van der Waals surface area contributed by atoms with E-state index in [1.165, 1.54) is 48.0 Å². The smallest absolute Gasteiger partial charge is 0.399 e. The molecule has 0 fully saturated rings. The molecule has 7 aromatic rings. The molecule has 0 radical (unpaired) electrons. The average molecular weight is 1360 g/mol. The lowest BCUT2D eigenvalue weighted by atomic mass is 10.0. The van der Waals surface area contributed by atoms with Crippen LogP contribution in [0.4, 0.5) is 94.3 Å². The number of hydrogen-bond acceptors (Lipinski definition) is 8. The highest BCUT2D eigenvalue weighted by Gasteiger charge is 2.34. The molecule has 29 heteroatoms. The lowest BCUT2D eigenvalue weighted by Crippen LogP contribution is -2.25. The summed E-state index contributed by atoms with van der Waals surface area (Å²) >= 11 is 9.46. The van der Waals surface area contributed by atoms with Crippen LogP contribution in [-0.2, 0) is 59.6 Å². The van der Waals surface area contributed by atoms with Crippen molar-refractivity contribution in [1.82, 2.24) is 0 Å². The van der Waals surface area contributed by atoms with Gasteiger partial charge < -0.3 is 27.0 Å². The molecule has 0 bridgehead atoms. The SMILES string of the molecule is CC(C)c1ccc(C=C(C(=O)Nc2cccc(C(F)(F)F)c2)C(=O)Nc2cccc(C(F)(F)F)c2)cc1.CC(C)c1ccc(C=O)cc1.Nc1cccc(C(F)(F)F)c1.O=C(CC(=O)Nc1cccc(C(F)(F)F)c1)Nc1cccc(C(F)(F)F)c1.O=C(Cl)CC(=O)Cl. The summed E-state index contributed by atoms with van der Waals surface area (Å²) in [5.74, 6) is -3.17. The van der Waals surface area contributed by atoms with E-state index in [9.17, 15) is 99.4 Å². The standard InChI is InChI=1S/C27H22F6N2O2.C17H12F6N2O2.C10H12O.C7H6F3N.C3H2Cl2O2/c1-16(2)18-11-9-17(10-12-18)13-23(24(36)34-21-7-3-5-19(14-21)26(28,29)30)25(37)35-22-8-4-6-20(15-22)27(31,32)33;18-16(19,20)10-3-1-5-12(7-10)24-14(26)9-15(27)25-13-6-2-4-11(8-13)17(21,22)23;1-8(2)10-5-3-9(7-11)4-6-10;8-7(9,10)5-2-1-3-6(11)4-5;4-2(6)1-3(5)7/h3-16H,1-2H3,(H,34,36)(H,35,37);1-8H,9H2,(H,24,26)(H,25,27);3-8H,1-2H3;1-4H,11H2;1H2. The van der Waals surface area contributed by atoms with Crippen molar-refractivity contribution in [3.05, 3.63) is 226 Å². The number of carbonyl (C=O) groups is 7. The number of carbonyl (C=O) groups excluding carboxylic acids is 7. The minimum atomic E-state index is -4.65. The van der Waals surface area contributed by atoms with Gasteiger partial charge in [0.05, 0.1) is 34.2 Å². The predicted octanol–water partition coefficient (Wildman–Crippen LogP) is 18.0. The first-order chi connectivity index (χ1) is 43.0. The van der Waals surface area contributed by atoms with Crippen LogP contribution in [0.5, 0.6) is 0 Å². The highest BCUT2D eigenvalue weighted by atomic mass is 35.5. The number of nitrogens with one attached hydrogen (secondary N) is 4. The molecule has 0 heterocycles. The number of benzene rings is 7. The Kier molecular flexibility index (Phi) is 29.1. The summed E-state index contributed by atoms with van der Waals surface area (Å²) in [7, 11) is 0. The maximum Gasteiger partial charge on any atom is 0.416 e. The lowest BCUT2D eigenvalue weighted by molar-refractivity contribution is -0.138. The zero-order valence-corrected chi connectivity index (χ0v) is 50.3. The zero-order chi connectivity index (χ0) is 70.2. The van der Waals surface area contributed by atoms with Crippen LogP contribution in [0.3, 0.4) is 0 Å². The van der Waals surface area contributed by atoms with Gasteiger partial charge in [-0.2, -0.15) is 65.9 Å². The van der Waals surface area contributed by atoms with Crippen molar-refractivity contribution in [2.24, 2.45) is 0 Å².